The Kier molecular flexibility index (Phi) is 7.11. The molecule has 3 heterocycles. The van der Waals surface area contributed by atoms with Gasteiger partial charge < -0.3 is 19.7 Å². The number of rotatable bonds is 4. The molecular formula is C17H21Cl2N3O3S. The predicted octanol–water partition coefficient (Wildman–Crippen LogP) is 3.21. The van der Waals surface area contributed by atoms with Crippen molar-refractivity contribution in [2.45, 2.75) is 18.9 Å². The molecule has 0 saturated carbocycles. The monoisotopic (exact) mass is 417 g/mol. The summed E-state index contributed by atoms with van der Waals surface area (Å²) in [6, 6.07) is 6.00. The fourth-order valence-electron chi connectivity index (χ4n) is 3.23. The first kappa shape index (κ1) is 20.8. The van der Waals surface area contributed by atoms with Crippen molar-refractivity contribution in [2.24, 2.45) is 0 Å². The van der Waals surface area contributed by atoms with Crippen LogP contribution in [0.4, 0.5) is 0 Å². The Bertz CT molecular complexity index is 771. The molecule has 4 rings (SSSR count). The van der Waals surface area contributed by atoms with Gasteiger partial charge in [0.2, 0.25) is 6.79 Å². The van der Waals surface area contributed by atoms with Crippen molar-refractivity contribution < 1.29 is 14.3 Å². The predicted molar refractivity (Wildman–Crippen MR) is 106 cm³/mol. The molecule has 1 fully saturated rings. The van der Waals surface area contributed by atoms with Crippen LogP contribution in [0.3, 0.4) is 0 Å². The summed E-state index contributed by atoms with van der Waals surface area (Å²) in [5.41, 5.74) is 1.46. The molecule has 2 aromatic rings. The van der Waals surface area contributed by atoms with Crippen molar-refractivity contribution in [3.63, 3.8) is 0 Å². The molecule has 1 atom stereocenters. The fraction of sp³-hybridized carbons (Fsp3) is 0.412. The summed E-state index contributed by atoms with van der Waals surface area (Å²) in [7, 11) is 1.92. The zero-order chi connectivity index (χ0) is 16.5. The van der Waals surface area contributed by atoms with E-state index in [-0.39, 0.29) is 43.6 Å². The van der Waals surface area contributed by atoms with Crippen molar-refractivity contribution in [2.75, 3.05) is 26.9 Å². The first-order valence-electron chi connectivity index (χ1n) is 8.07. The molecule has 1 N–H and O–H groups in total. The van der Waals surface area contributed by atoms with Gasteiger partial charge in [0.05, 0.1) is 0 Å². The molecule has 0 bridgehead atoms. The van der Waals surface area contributed by atoms with E-state index in [0.29, 0.717) is 5.69 Å². The van der Waals surface area contributed by atoms with Gasteiger partial charge >= 0.3 is 0 Å². The number of amides is 1. The van der Waals surface area contributed by atoms with Crippen LogP contribution in [-0.4, -0.2) is 48.8 Å². The first-order valence-corrected chi connectivity index (χ1v) is 8.95. The van der Waals surface area contributed by atoms with E-state index in [9.17, 15) is 4.79 Å². The van der Waals surface area contributed by atoms with Crippen molar-refractivity contribution in [3.8, 4) is 22.1 Å². The molecule has 1 saturated heterocycles. The molecule has 142 valence electrons. The summed E-state index contributed by atoms with van der Waals surface area (Å²) in [6.45, 7) is 1.88. The van der Waals surface area contributed by atoms with E-state index in [2.05, 4.69) is 10.3 Å². The number of carbonyl (C=O) groups is 1. The molecule has 2 aliphatic rings. The lowest BCUT2D eigenvalue weighted by atomic mass is 10.2. The zero-order valence-electron chi connectivity index (χ0n) is 14.3. The number of nitrogens with zero attached hydrogens (tertiary/aromatic N) is 2. The van der Waals surface area contributed by atoms with E-state index < -0.39 is 0 Å². The van der Waals surface area contributed by atoms with E-state index in [1.54, 1.807) is 0 Å². The maximum Gasteiger partial charge on any atom is 0.273 e. The number of hydrogen-bond donors (Lipinski definition) is 1. The van der Waals surface area contributed by atoms with Crippen LogP contribution in [0.2, 0.25) is 0 Å². The van der Waals surface area contributed by atoms with Gasteiger partial charge in [0.25, 0.3) is 5.91 Å². The average molecular weight is 418 g/mol. The van der Waals surface area contributed by atoms with Crippen LogP contribution in [0.25, 0.3) is 10.6 Å². The molecule has 0 aliphatic carbocycles. The minimum atomic E-state index is 0. The van der Waals surface area contributed by atoms with Gasteiger partial charge in [-0.3, -0.25) is 4.79 Å². The Hall–Kier alpha value is -1.54. The third-order valence-electron chi connectivity index (χ3n) is 4.42. The Labute approximate surface area is 168 Å². The molecular weight excluding hydrogens is 397 g/mol. The highest BCUT2D eigenvalue weighted by Gasteiger charge is 2.30. The SMILES string of the molecule is CNCC1CCCN1C(=O)c1csc(-c2ccc3c(c2)OCO3)n1.Cl.Cl. The van der Waals surface area contributed by atoms with E-state index >= 15 is 0 Å². The molecule has 2 aliphatic heterocycles. The maximum atomic E-state index is 12.8. The molecule has 1 aromatic carbocycles. The number of carbonyl (C=O) groups excluding carboxylic acids is 1. The average Bonchev–Trinajstić information content (AvgIpc) is 3.33. The lowest BCUT2D eigenvalue weighted by Crippen LogP contribution is -2.40. The molecule has 0 spiro atoms. The number of thiazole rings is 1. The van der Waals surface area contributed by atoms with Crippen LogP contribution in [-0.2, 0) is 0 Å². The van der Waals surface area contributed by atoms with Gasteiger partial charge in [-0.25, -0.2) is 4.98 Å². The number of ether oxygens (including phenoxy) is 2. The van der Waals surface area contributed by atoms with Gasteiger partial charge in [-0.15, -0.1) is 36.2 Å². The molecule has 1 amide bonds. The number of benzene rings is 1. The van der Waals surface area contributed by atoms with Gasteiger partial charge in [0, 0.05) is 30.1 Å². The molecule has 6 nitrogen and oxygen atoms in total. The third-order valence-corrected chi connectivity index (χ3v) is 5.31. The summed E-state index contributed by atoms with van der Waals surface area (Å²) in [5.74, 6) is 1.50. The highest BCUT2D eigenvalue weighted by Crippen LogP contribution is 2.36. The summed E-state index contributed by atoms with van der Waals surface area (Å²) in [5, 5.41) is 5.83. The minimum absolute atomic E-state index is 0. The van der Waals surface area contributed by atoms with Crippen molar-refractivity contribution in [3.05, 3.63) is 29.3 Å². The second-order valence-corrected chi connectivity index (χ2v) is 6.82. The highest BCUT2D eigenvalue weighted by atomic mass is 35.5. The highest BCUT2D eigenvalue weighted by molar-refractivity contribution is 7.13. The van der Waals surface area contributed by atoms with E-state index in [0.717, 1.165) is 48.0 Å². The van der Waals surface area contributed by atoms with Crippen molar-refractivity contribution in [1.29, 1.82) is 0 Å². The van der Waals surface area contributed by atoms with Gasteiger partial charge in [0.15, 0.2) is 11.5 Å². The number of likely N-dealkylation sites (tertiary alicyclic amines) is 1. The molecule has 0 radical (unpaired) electrons. The second kappa shape index (κ2) is 8.90. The zero-order valence-corrected chi connectivity index (χ0v) is 16.7. The lowest BCUT2D eigenvalue weighted by Gasteiger charge is -2.23. The Balaban J connectivity index is 0.00000121. The fourth-order valence-corrected chi connectivity index (χ4v) is 4.02. The summed E-state index contributed by atoms with van der Waals surface area (Å²) in [4.78, 5) is 19.3. The Morgan fingerprint density at radius 3 is 2.96 bits per heavy atom. The van der Waals surface area contributed by atoms with Crippen molar-refractivity contribution in [1.82, 2.24) is 15.2 Å². The number of fused-ring (bicyclic) bond motifs is 1. The molecule has 9 heteroatoms. The van der Waals surface area contributed by atoms with Gasteiger partial charge in [0.1, 0.15) is 10.7 Å². The van der Waals surface area contributed by atoms with Crippen LogP contribution in [0.1, 0.15) is 23.3 Å². The smallest absolute Gasteiger partial charge is 0.273 e. The standard InChI is InChI=1S/C17H19N3O3S.2ClH/c1-18-8-12-3-2-6-20(12)17(21)13-9-24-16(19-13)11-4-5-14-15(7-11)23-10-22-14;;/h4-5,7,9,12,18H,2-3,6,8,10H2,1H3;2*1H. The van der Waals surface area contributed by atoms with Crippen molar-refractivity contribution >= 4 is 42.1 Å². The molecule has 1 aromatic heterocycles. The third kappa shape index (κ3) is 3.91. The van der Waals surface area contributed by atoms with E-state index in [1.165, 1.54) is 11.3 Å². The van der Waals surface area contributed by atoms with E-state index in [1.807, 2.05) is 35.5 Å². The Morgan fingerprint density at radius 2 is 2.15 bits per heavy atom. The number of hydrogen-bond acceptors (Lipinski definition) is 6. The molecule has 26 heavy (non-hydrogen) atoms. The topological polar surface area (TPSA) is 63.7 Å². The van der Waals surface area contributed by atoms with Crippen LogP contribution < -0.4 is 14.8 Å². The van der Waals surface area contributed by atoms with Crippen LogP contribution in [0, 0.1) is 0 Å². The first-order chi connectivity index (χ1) is 11.8. The Morgan fingerprint density at radius 1 is 1.35 bits per heavy atom. The van der Waals surface area contributed by atoms with Gasteiger partial charge in [-0.1, -0.05) is 0 Å². The van der Waals surface area contributed by atoms with Crippen LogP contribution in [0.5, 0.6) is 11.5 Å². The molecule has 1 unspecified atom stereocenters. The summed E-state index contributed by atoms with van der Waals surface area (Å²) in [6.07, 6.45) is 2.10. The summed E-state index contributed by atoms with van der Waals surface area (Å²) < 4.78 is 10.7. The maximum absolute atomic E-state index is 12.8. The quantitative estimate of drug-likeness (QED) is 0.826. The van der Waals surface area contributed by atoms with Gasteiger partial charge in [-0.2, -0.15) is 0 Å². The van der Waals surface area contributed by atoms with Crippen LogP contribution in [0.15, 0.2) is 23.6 Å². The number of likely N-dealkylation sites (N-methyl/N-ethyl adjacent to an activating group) is 1. The number of halogens is 2. The minimum Gasteiger partial charge on any atom is -0.454 e. The van der Waals surface area contributed by atoms with E-state index in [4.69, 9.17) is 9.47 Å². The number of nitrogens with one attached hydrogen (secondary N) is 1. The lowest BCUT2D eigenvalue weighted by molar-refractivity contribution is 0.0732. The van der Waals surface area contributed by atoms with Gasteiger partial charge in [-0.05, 0) is 38.1 Å². The largest absolute Gasteiger partial charge is 0.454 e. The second-order valence-electron chi connectivity index (χ2n) is 5.96. The number of aromatic nitrogens is 1. The normalized spacial score (nSPS) is 17.6. The van der Waals surface area contributed by atoms with Crippen LogP contribution >= 0.6 is 36.2 Å². The summed E-state index contributed by atoms with van der Waals surface area (Å²) >= 11 is 1.48.